The number of aromatic nitrogens is 2. The number of benzene rings is 2. The maximum atomic E-state index is 12.3. The number of hydrogen-bond acceptors (Lipinski definition) is 7. The van der Waals surface area contributed by atoms with Crippen LogP contribution in [0, 0.1) is 0 Å². The molecule has 0 saturated carbocycles. The highest BCUT2D eigenvalue weighted by Gasteiger charge is 2.17. The predicted molar refractivity (Wildman–Crippen MR) is 112 cm³/mol. The fourth-order valence-electron chi connectivity index (χ4n) is 2.60. The normalized spacial score (nSPS) is 11.7. The van der Waals surface area contributed by atoms with Crippen LogP contribution in [0.15, 0.2) is 53.1 Å². The molecule has 1 N–H and O–H groups in total. The standard InChI is InChI=1S/C21H23N3O4S/c1-14(29-13-15-7-5-4-6-8-15)21(25)22-12-19-23-20(24-28-19)17-10-9-16(26-2)11-18(17)27-3/h4-11,14H,12-13H2,1-3H3,(H,22,25). The highest BCUT2D eigenvalue weighted by Crippen LogP contribution is 2.31. The third-order valence-corrected chi connectivity index (χ3v) is 5.46. The molecule has 1 aromatic heterocycles. The van der Waals surface area contributed by atoms with Gasteiger partial charge in [-0.2, -0.15) is 4.98 Å². The molecule has 1 atom stereocenters. The summed E-state index contributed by atoms with van der Waals surface area (Å²) in [5, 5.41) is 6.63. The topological polar surface area (TPSA) is 86.5 Å². The van der Waals surface area contributed by atoms with E-state index in [1.165, 1.54) is 5.56 Å². The third-order valence-electron chi connectivity index (χ3n) is 4.24. The van der Waals surface area contributed by atoms with Crippen molar-refractivity contribution in [3.05, 3.63) is 60.0 Å². The molecular formula is C21H23N3O4S. The minimum absolute atomic E-state index is 0.0762. The van der Waals surface area contributed by atoms with E-state index in [-0.39, 0.29) is 17.7 Å². The van der Waals surface area contributed by atoms with Crippen LogP contribution in [0.2, 0.25) is 0 Å². The van der Waals surface area contributed by atoms with E-state index < -0.39 is 0 Å². The number of thioether (sulfide) groups is 1. The van der Waals surface area contributed by atoms with Crippen LogP contribution in [0.1, 0.15) is 18.4 Å². The Morgan fingerprint density at radius 3 is 2.69 bits per heavy atom. The zero-order chi connectivity index (χ0) is 20.6. The molecule has 0 bridgehead atoms. The van der Waals surface area contributed by atoms with Crippen molar-refractivity contribution in [3.63, 3.8) is 0 Å². The molecule has 8 heteroatoms. The van der Waals surface area contributed by atoms with Crippen LogP contribution in [-0.2, 0) is 17.1 Å². The Kier molecular flexibility index (Phi) is 7.13. The first-order valence-electron chi connectivity index (χ1n) is 9.09. The van der Waals surface area contributed by atoms with Crippen LogP contribution in [0.25, 0.3) is 11.4 Å². The summed E-state index contributed by atoms with van der Waals surface area (Å²) in [6.07, 6.45) is 0. The molecule has 1 heterocycles. The van der Waals surface area contributed by atoms with E-state index in [0.29, 0.717) is 28.8 Å². The van der Waals surface area contributed by atoms with Gasteiger partial charge in [-0.25, -0.2) is 0 Å². The molecule has 29 heavy (non-hydrogen) atoms. The van der Waals surface area contributed by atoms with Crippen molar-refractivity contribution in [2.75, 3.05) is 14.2 Å². The molecule has 1 unspecified atom stereocenters. The summed E-state index contributed by atoms with van der Waals surface area (Å²) in [5.41, 5.74) is 1.87. The van der Waals surface area contributed by atoms with Crippen molar-refractivity contribution in [1.29, 1.82) is 0 Å². The number of hydrogen-bond donors (Lipinski definition) is 1. The van der Waals surface area contributed by atoms with Crippen LogP contribution in [0.3, 0.4) is 0 Å². The van der Waals surface area contributed by atoms with E-state index in [9.17, 15) is 4.79 Å². The summed E-state index contributed by atoms with van der Waals surface area (Å²) in [6.45, 7) is 2.05. The molecule has 0 fully saturated rings. The van der Waals surface area contributed by atoms with Gasteiger partial charge in [-0.1, -0.05) is 35.5 Å². The number of methoxy groups -OCH3 is 2. The molecule has 152 valence electrons. The van der Waals surface area contributed by atoms with Crippen molar-refractivity contribution in [2.24, 2.45) is 0 Å². The number of nitrogens with zero attached hydrogens (tertiary/aromatic N) is 2. The van der Waals surface area contributed by atoms with E-state index in [0.717, 1.165) is 5.75 Å². The molecule has 2 aromatic carbocycles. The van der Waals surface area contributed by atoms with Gasteiger partial charge in [-0.3, -0.25) is 4.79 Å². The summed E-state index contributed by atoms with van der Waals surface area (Å²) < 4.78 is 15.8. The summed E-state index contributed by atoms with van der Waals surface area (Å²) in [4.78, 5) is 16.7. The van der Waals surface area contributed by atoms with Gasteiger partial charge in [0, 0.05) is 11.8 Å². The lowest BCUT2D eigenvalue weighted by Gasteiger charge is -2.10. The fraction of sp³-hybridized carbons (Fsp3) is 0.286. The summed E-state index contributed by atoms with van der Waals surface area (Å²) >= 11 is 1.58. The molecule has 3 aromatic rings. The molecule has 0 radical (unpaired) electrons. The molecule has 3 rings (SSSR count). The summed E-state index contributed by atoms with van der Waals surface area (Å²) in [5.74, 6) is 2.66. The number of carbonyl (C=O) groups excluding carboxylic acids is 1. The molecule has 0 saturated heterocycles. The minimum atomic E-state index is -0.195. The quantitative estimate of drug-likeness (QED) is 0.572. The number of ether oxygens (including phenoxy) is 2. The minimum Gasteiger partial charge on any atom is -0.497 e. The van der Waals surface area contributed by atoms with Gasteiger partial charge in [0.15, 0.2) is 0 Å². The predicted octanol–water partition coefficient (Wildman–Crippen LogP) is 3.69. The highest BCUT2D eigenvalue weighted by molar-refractivity contribution is 7.99. The summed E-state index contributed by atoms with van der Waals surface area (Å²) in [6, 6.07) is 15.4. The fourth-order valence-corrected chi connectivity index (χ4v) is 3.47. The van der Waals surface area contributed by atoms with Crippen LogP contribution >= 0.6 is 11.8 Å². The van der Waals surface area contributed by atoms with Gasteiger partial charge in [0.2, 0.25) is 17.6 Å². The maximum absolute atomic E-state index is 12.3. The van der Waals surface area contributed by atoms with Crippen molar-refractivity contribution in [2.45, 2.75) is 24.5 Å². The van der Waals surface area contributed by atoms with Crippen LogP contribution in [0.4, 0.5) is 0 Å². The smallest absolute Gasteiger partial charge is 0.246 e. The number of carbonyl (C=O) groups is 1. The lowest BCUT2D eigenvalue weighted by Crippen LogP contribution is -2.30. The maximum Gasteiger partial charge on any atom is 0.246 e. The third kappa shape index (κ3) is 5.51. The largest absolute Gasteiger partial charge is 0.497 e. The Morgan fingerprint density at radius 1 is 1.17 bits per heavy atom. The van der Waals surface area contributed by atoms with Crippen LogP contribution < -0.4 is 14.8 Å². The van der Waals surface area contributed by atoms with Crippen LogP contribution in [0.5, 0.6) is 11.5 Å². The van der Waals surface area contributed by atoms with Gasteiger partial charge in [0.05, 0.1) is 31.6 Å². The zero-order valence-electron chi connectivity index (χ0n) is 16.5. The van der Waals surface area contributed by atoms with Crippen molar-refractivity contribution in [3.8, 4) is 22.9 Å². The average molecular weight is 413 g/mol. The van der Waals surface area contributed by atoms with Gasteiger partial charge in [-0.15, -0.1) is 11.8 Å². The van der Waals surface area contributed by atoms with E-state index >= 15 is 0 Å². The lowest BCUT2D eigenvalue weighted by atomic mass is 10.2. The number of nitrogens with one attached hydrogen (secondary N) is 1. The molecule has 0 aliphatic carbocycles. The van der Waals surface area contributed by atoms with Gasteiger partial charge in [-0.05, 0) is 24.6 Å². The zero-order valence-corrected chi connectivity index (χ0v) is 17.4. The monoisotopic (exact) mass is 413 g/mol. The molecule has 0 aliphatic heterocycles. The Labute approximate surface area is 173 Å². The Bertz CT molecular complexity index is 946. The number of rotatable bonds is 9. The first-order chi connectivity index (χ1) is 14.1. The Balaban J connectivity index is 1.55. The molecule has 0 spiro atoms. The van der Waals surface area contributed by atoms with Gasteiger partial charge >= 0.3 is 0 Å². The van der Waals surface area contributed by atoms with Gasteiger partial charge in [0.1, 0.15) is 11.5 Å². The first-order valence-corrected chi connectivity index (χ1v) is 10.1. The van der Waals surface area contributed by atoms with Crippen molar-refractivity contribution >= 4 is 17.7 Å². The second-order valence-electron chi connectivity index (χ2n) is 6.23. The second-order valence-corrected chi connectivity index (χ2v) is 7.56. The van der Waals surface area contributed by atoms with Gasteiger partial charge < -0.3 is 19.3 Å². The van der Waals surface area contributed by atoms with E-state index in [2.05, 4.69) is 15.5 Å². The van der Waals surface area contributed by atoms with Crippen molar-refractivity contribution in [1.82, 2.24) is 15.5 Å². The van der Waals surface area contributed by atoms with Crippen LogP contribution in [-0.4, -0.2) is 35.5 Å². The molecule has 0 aliphatic rings. The van der Waals surface area contributed by atoms with E-state index in [1.54, 1.807) is 44.2 Å². The second kappa shape index (κ2) is 9.97. The molecular weight excluding hydrogens is 390 g/mol. The van der Waals surface area contributed by atoms with E-state index in [1.807, 2.05) is 37.3 Å². The lowest BCUT2D eigenvalue weighted by molar-refractivity contribution is -0.120. The summed E-state index contributed by atoms with van der Waals surface area (Å²) in [7, 11) is 3.15. The SMILES string of the molecule is COc1ccc(-c2noc(CNC(=O)C(C)SCc3ccccc3)n2)c(OC)c1. The highest BCUT2D eigenvalue weighted by atomic mass is 32.2. The van der Waals surface area contributed by atoms with Gasteiger partial charge in [0.25, 0.3) is 0 Å². The average Bonchev–Trinajstić information content (AvgIpc) is 3.24. The van der Waals surface area contributed by atoms with Crippen molar-refractivity contribution < 1.29 is 18.8 Å². The Hall–Kier alpha value is -3.00. The number of amides is 1. The molecule has 1 amide bonds. The first kappa shape index (κ1) is 20.7. The van der Waals surface area contributed by atoms with E-state index in [4.69, 9.17) is 14.0 Å². The molecule has 7 nitrogen and oxygen atoms in total. The Morgan fingerprint density at radius 2 is 1.97 bits per heavy atom.